The van der Waals surface area contributed by atoms with Crippen LogP contribution in [0.4, 0.5) is 5.69 Å². The smallest absolute Gasteiger partial charge is 0.0445 e. The van der Waals surface area contributed by atoms with Gasteiger partial charge in [0.25, 0.3) is 0 Å². The summed E-state index contributed by atoms with van der Waals surface area (Å²) in [6, 6.07) is 2.17. The van der Waals surface area contributed by atoms with Gasteiger partial charge in [0.15, 0.2) is 0 Å². The molecular formula is C15H25N3. The summed E-state index contributed by atoms with van der Waals surface area (Å²) in [7, 11) is 0. The predicted octanol–water partition coefficient (Wildman–Crippen LogP) is 2.72. The molecule has 0 aliphatic carbocycles. The van der Waals surface area contributed by atoms with Crippen molar-refractivity contribution in [1.29, 1.82) is 0 Å². The SMILES string of the molecule is Cc1cc(N2CCC(C(C)(C)C)C2)c(CN)cn1. The van der Waals surface area contributed by atoms with Gasteiger partial charge in [-0.2, -0.15) is 0 Å². The van der Waals surface area contributed by atoms with E-state index in [1.54, 1.807) is 0 Å². The third-order valence-corrected chi connectivity index (χ3v) is 4.07. The van der Waals surface area contributed by atoms with Gasteiger partial charge in [-0.3, -0.25) is 4.98 Å². The van der Waals surface area contributed by atoms with Crippen LogP contribution < -0.4 is 10.6 Å². The molecule has 0 radical (unpaired) electrons. The molecule has 3 nitrogen and oxygen atoms in total. The highest BCUT2D eigenvalue weighted by atomic mass is 15.2. The van der Waals surface area contributed by atoms with Gasteiger partial charge in [0, 0.05) is 42.8 Å². The number of anilines is 1. The second-order valence-electron chi connectivity index (χ2n) is 6.46. The van der Waals surface area contributed by atoms with Crippen LogP contribution in [0.15, 0.2) is 12.3 Å². The van der Waals surface area contributed by atoms with Crippen LogP contribution in [0.3, 0.4) is 0 Å². The van der Waals surface area contributed by atoms with Gasteiger partial charge in [-0.25, -0.2) is 0 Å². The van der Waals surface area contributed by atoms with E-state index in [1.807, 2.05) is 13.1 Å². The molecule has 2 N–H and O–H groups in total. The maximum atomic E-state index is 5.82. The summed E-state index contributed by atoms with van der Waals surface area (Å²) in [5, 5.41) is 0. The second kappa shape index (κ2) is 4.88. The van der Waals surface area contributed by atoms with E-state index in [-0.39, 0.29) is 0 Å². The van der Waals surface area contributed by atoms with Gasteiger partial charge in [-0.1, -0.05) is 20.8 Å². The molecule has 1 aliphatic rings. The van der Waals surface area contributed by atoms with E-state index in [9.17, 15) is 0 Å². The summed E-state index contributed by atoms with van der Waals surface area (Å²) >= 11 is 0. The maximum Gasteiger partial charge on any atom is 0.0445 e. The standard InChI is InChI=1S/C15H25N3/c1-11-7-14(12(8-16)9-17-11)18-6-5-13(10-18)15(2,3)4/h7,9,13H,5-6,8,10,16H2,1-4H3. The Bertz CT molecular complexity index is 420. The average Bonchev–Trinajstić information content (AvgIpc) is 2.77. The van der Waals surface area contributed by atoms with Crippen LogP contribution >= 0.6 is 0 Å². The van der Waals surface area contributed by atoms with Gasteiger partial charge < -0.3 is 10.6 Å². The predicted molar refractivity (Wildman–Crippen MR) is 76.6 cm³/mol. The van der Waals surface area contributed by atoms with Crippen LogP contribution in [-0.4, -0.2) is 18.1 Å². The lowest BCUT2D eigenvalue weighted by molar-refractivity contribution is 0.263. The first-order valence-electron chi connectivity index (χ1n) is 6.82. The van der Waals surface area contributed by atoms with Crippen LogP contribution in [0, 0.1) is 18.3 Å². The van der Waals surface area contributed by atoms with E-state index >= 15 is 0 Å². The van der Waals surface area contributed by atoms with Crippen LogP contribution in [-0.2, 0) is 6.54 Å². The monoisotopic (exact) mass is 247 g/mol. The molecule has 1 unspecified atom stereocenters. The molecule has 1 aliphatic heterocycles. The van der Waals surface area contributed by atoms with Crippen LogP contribution in [0.2, 0.25) is 0 Å². The van der Waals surface area contributed by atoms with Crippen LogP contribution in [0.1, 0.15) is 38.4 Å². The zero-order valence-corrected chi connectivity index (χ0v) is 12.0. The zero-order valence-electron chi connectivity index (χ0n) is 12.0. The Morgan fingerprint density at radius 2 is 2.17 bits per heavy atom. The third kappa shape index (κ3) is 2.66. The van der Waals surface area contributed by atoms with Crippen molar-refractivity contribution >= 4 is 5.69 Å². The normalized spacial score (nSPS) is 20.5. The van der Waals surface area contributed by atoms with E-state index in [2.05, 4.69) is 36.7 Å². The molecule has 0 spiro atoms. The van der Waals surface area contributed by atoms with Crippen LogP contribution in [0.5, 0.6) is 0 Å². The summed E-state index contributed by atoms with van der Waals surface area (Å²) in [6.45, 7) is 11.9. The topological polar surface area (TPSA) is 42.1 Å². The first-order valence-corrected chi connectivity index (χ1v) is 6.82. The highest BCUT2D eigenvalue weighted by Crippen LogP contribution is 2.36. The summed E-state index contributed by atoms with van der Waals surface area (Å²) in [4.78, 5) is 6.82. The Morgan fingerprint density at radius 1 is 1.44 bits per heavy atom. The Kier molecular flexibility index (Phi) is 3.62. The molecule has 18 heavy (non-hydrogen) atoms. The quantitative estimate of drug-likeness (QED) is 0.873. The molecule has 1 aromatic rings. The van der Waals surface area contributed by atoms with E-state index < -0.39 is 0 Å². The van der Waals surface area contributed by atoms with Crippen molar-refractivity contribution in [3.63, 3.8) is 0 Å². The number of pyridine rings is 1. The fourth-order valence-electron chi connectivity index (χ4n) is 2.71. The first-order chi connectivity index (χ1) is 8.41. The molecule has 2 heterocycles. The number of rotatable bonds is 2. The van der Waals surface area contributed by atoms with Gasteiger partial charge in [-0.05, 0) is 30.7 Å². The van der Waals surface area contributed by atoms with E-state index in [1.165, 1.54) is 12.1 Å². The molecule has 2 rings (SSSR count). The second-order valence-corrected chi connectivity index (χ2v) is 6.46. The average molecular weight is 247 g/mol. The Labute approximate surface area is 110 Å². The lowest BCUT2D eigenvalue weighted by atomic mass is 9.80. The number of hydrogen-bond donors (Lipinski definition) is 1. The minimum Gasteiger partial charge on any atom is -0.371 e. The number of aryl methyl sites for hydroxylation is 1. The van der Waals surface area contributed by atoms with Crippen molar-refractivity contribution in [3.05, 3.63) is 23.5 Å². The molecule has 3 heteroatoms. The molecule has 1 saturated heterocycles. The molecule has 0 aromatic carbocycles. The van der Waals surface area contributed by atoms with Crippen molar-refractivity contribution in [2.24, 2.45) is 17.1 Å². The fourth-order valence-corrected chi connectivity index (χ4v) is 2.71. The molecule has 1 atom stereocenters. The molecule has 0 bridgehead atoms. The lowest BCUT2D eigenvalue weighted by Crippen LogP contribution is -2.26. The van der Waals surface area contributed by atoms with Crippen molar-refractivity contribution in [2.45, 2.75) is 40.7 Å². The highest BCUT2D eigenvalue weighted by molar-refractivity contribution is 5.54. The van der Waals surface area contributed by atoms with Gasteiger partial charge >= 0.3 is 0 Å². The highest BCUT2D eigenvalue weighted by Gasteiger charge is 2.32. The van der Waals surface area contributed by atoms with Crippen molar-refractivity contribution in [3.8, 4) is 0 Å². The Hall–Kier alpha value is -1.09. The lowest BCUT2D eigenvalue weighted by Gasteiger charge is -2.28. The number of aromatic nitrogens is 1. The summed E-state index contributed by atoms with van der Waals surface area (Å²) in [5.74, 6) is 0.761. The molecule has 0 saturated carbocycles. The van der Waals surface area contributed by atoms with E-state index in [0.29, 0.717) is 12.0 Å². The summed E-state index contributed by atoms with van der Waals surface area (Å²) in [6.07, 6.45) is 3.20. The Morgan fingerprint density at radius 3 is 2.72 bits per heavy atom. The number of nitrogens with zero attached hydrogens (tertiary/aromatic N) is 2. The molecule has 1 aromatic heterocycles. The molecule has 1 fully saturated rings. The summed E-state index contributed by atoms with van der Waals surface area (Å²) < 4.78 is 0. The van der Waals surface area contributed by atoms with Gasteiger partial charge in [0.2, 0.25) is 0 Å². The minimum absolute atomic E-state index is 0.389. The van der Waals surface area contributed by atoms with Gasteiger partial charge in [0.1, 0.15) is 0 Å². The van der Waals surface area contributed by atoms with E-state index in [4.69, 9.17) is 5.73 Å². The van der Waals surface area contributed by atoms with Crippen molar-refractivity contribution < 1.29 is 0 Å². The first kappa shape index (κ1) is 13.3. The number of hydrogen-bond acceptors (Lipinski definition) is 3. The van der Waals surface area contributed by atoms with Gasteiger partial charge in [0.05, 0.1) is 0 Å². The van der Waals surface area contributed by atoms with Crippen LogP contribution in [0.25, 0.3) is 0 Å². The third-order valence-electron chi connectivity index (χ3n) is 4.07. The van der Waals surface area contributed by atoms with Crippen molar-refractivity contribution in [2.75, 3.05) is 18.0 Å². The van der Waals surface area contributed by atoms with Gasteiger partial charge in [-0.15, -0.1) is 0 Å². The number of nitrogens with two attached hydrogens (primary N) is 1. The van der Waals surface area contributed by atoms with Crippen molar-refractivity contribution in [1.82, 2.24) is 4.98 Å². The fraction of sp³-hybridized carbons (Fsp3) is 0.667. The maximum absolute atomic E-state index is 5.82. The minimum atomic E-state index is 0.389. The zero-order chi connectivity index (χ0) is 13.3. The van der Waals surface area contributed by atoms with E-state index in [0.717, 1.165) is 30.3 Å². The largest absolute Gasteiger partial charge is 0.371 e. The molecule has 0 amide bonds. The molecular weight excluding hydrogens is 222 g/mol. The summed E-state index contributed by atoms with van der Waals surface area (Å²) in [5.41, 5.74) is 9.73. The Balaban J connectivity index is 2.21. The molecule has 100 valence electrons.